The van der Waals surface area contributed by atoms with Gasteiger partial charge in [-0.25, -0.2) is 9.29 Å². The second-order valence-corrected chi connectivity index (χ2v) is 7.74. The Kier molecular flexibility index (Phi) is 5.99. The molecule has 29 heavy (non-hydrogen) atoms. The molecule has 7 nitrogen and oxygen atoms in total. The number of aryl methyl sites for hydroxylation is 2. The second kappa shape index (κ2) is 8.15. The number of imidazole rings is 1. The number of piperidine rings is 1. The van der Waals surface area contributed by atoms with Crippen LogP contribution in [0.5, 0.6) is 0 Å². The van der Waals surface area contributed by atoms with Gasteiger partial charge in [0, 0.05) is 26.3 Å². The van der Waals surface area contributed by atoms with Gasteiger partial charge in [-0.15, -0.1) is 0 Å². The summed E-state index contributed by atoms with van der Waals surface area (Å²) < 4.78 is 64.1. The van der Waals surface area contributed by atoms with Gasteiger partial charge in [0.05, 0.1) is 28.4 Å². The number of nitrogens with zero attached hydrogens (tertiary/aromatic N) is 4. The van der Waals surface area contributed by atoms with Gasteiger partial charge in [0.2, 0.25) is 5.91 Å². The molecule has 11 heteroatoms. The fourth-order valence-electron chi connectivity index (χ4n) is 3.32. The molecule has 0 spiro atoms. The van der Waals surface area contributed by atoms with Crippen LogP contribution in [-0.4, -0.2) is 37.3 Å². The van der Waals surface area contributed by atoms with Crippen LogP contribution < -0.4 is 9.21 Å². The second-order valence-electron chi connectivity index (χ2n) is 6.94. The van der Waals surface area contributed by atoms with Gasteiger partial charge in [0.1, 0.15) is 11.6 Å². The summed E-state index contributed by atoms with van der Waals surface area (Å²) in [6.07, 6.45) is -1.57. The van der Waals surface area contributed by atoms with Crippen molar-refractivity contribution in [3.8, 4) is 0 Å². The van der Waals surface area contributed by atoms with Crippen LogP contribution in [0.3, 0.4) is 0 Å². The molecule has 2 aromatic rings. The highest BCUT2D eigenvalue weighted by molar-refractivity contribution is 7.81. The van der Waals surface area contributed by atoms with Crippen LogP contribution in [0.2, 0.25) is 0 Å². The first kappa shape index (κ1) is 21.3. The molecule has 2 heterocycles. The molecule has 3 rings (SSSR count). The highest BCUT2D eigenvalue weighted by atomic mass is 32.2. The zero-order chi connectivity index (χ0) is 21.3. The maximum atomic E-state index is 12.9. The fraction of sp³-hybridized carbons (Fsp3) is 0.444. The van der Waals surface area contributed by atoms with Crippen molar-refractivity contribution in [1.82, 2.24) is 9.55 Å². The lowest BCUT2D eigenvalue weighted by Crippen LogP contribution is -2.45. The average molecular weight is 429 g/mol. The van der Waals surface area contributed by atoms with E-state index in [1.54, 1.807) is 0 Å². The highest BCUT2D eigenvalue weighted by Gasteiger charge is 2.33. The van der Waals surface area contributed by atoms with Gasteiger partial charge in [-0.1, -0.05) is 0 Å². The molecule has 1 aliphatic heterocycles. The van der Waals surface area contributed by atoms with Gasteiger partial charge >= 0.3 is 6.18 Å². The van der Waals surface area contributed by atoms with Crippen LogP contribution >= 0.6 is 0 Å². The lowest BCUT2D eigenvalue weighted by atomic mass is 9.97. The van der Waals surface area contributed by atoms with Crippen LogP contribution in [0.4, 0.5) is 24.7 Å². The summed E-state index contributed by atoms with van der Waals surface area (Å²) in [7, 11) is 1.85. The number of hydrogen-bond acceptors (Lipinski definition) is 5. The summed E-state index contributed by atoms with van der Waals surface area (Å²) in [4.78, 5) is 19.3. The third kappa shape index (κ3) is 4.61. The van der Waals surface area contributed by atoms with E-state index < -0.39 is 34.8 Å². The van der Waals surface area contributed by atoms with Crippen molar-refractivity contribution in [2.75, 3.05) is 22.3 Å². The zero-order valence-electron chi connectivity index (χ0n) is 15.8. The van der Waals surface area contributed by atoms with E-state index in [0.29, 0.717) is 29.5 Å². The zero-order valence-corrected chi connectivity index (χ0v) is 16.7. The molecule has 0 radical (unpaired) electrons. The molecule has 0 bridgehead atoms. The Hall–Kier alpha value is -2.40. The van der Waals surface area contributed by atoms with E-state index in [1.165, 1.54) is 0 Å². The first-order valence-electron chi connectivity index (χ1n) is 8.93. The maximum absolute atomic E-state index is 12.9. The Morgan fingerprint density at radius 2 is 1.97 bits per heavy atom. The summed E-state index contributed by atoms with van der Waals surface area (Å²) in [5.74, 6) is 0.217. The Morgan fingerprint density at radius 1 is 1.31 bits per heavy atom. The van der Waals surface area contributed by atoms with Crippen molar-refractivity contribution in [3.63, 3.8) is 0 Å². The van der Waals surface area contributed by atoms with Crippen molar-refractivity contribution in [2.45, 2.75) is 25.9 Å². The van der Waals surface area contributed by atoms with Crippen molar-refractivity contribution >= 4 is 28.7 Å². The molecule has 158 valence electrons. The van der Waals surface area contributed by atoms with Crippen molar-refractivity contribution < 1.29 is 26.7 Å². The lowest BCUT2D eigenvalue weighted by Gasteiger charge is -2.35. The lowest BCUT2D eigenvalue weighted by molar-refractivity contribution is -0.137. The third-order valence-corrected chi connectivity index (χ3v) is 5.66. The van der Waals surface area contributed by atoms with Crippen LogP contribution in [0, 0.1) is 12.8 Å². The Labute approximate surface area is 168 Å². The molecular weight excluding hydrogens is 409 g/mol. The van der Waals surface area contributed by atoms with Crippen molar-refractivity contribution in [2.24, 2.45) is 13.0 Å². The SMILES string of the molecule is Cc1nc(N2CCC[C@@H](C(=O)N(c3ccc(C(F)(F)F)cc3)S(=O)[O-])C2)cn1C. The van der Waals surface area contributed by atoms with E-state index >= 15 is 0 Å². The number of carbonyl (C=O) groups is 1. The number of carbonyl (C=O) groups excluding carboxylic acids is 1. The summed E-state index contributed by atoms with van der Waals surface area (Å²) >= 11 is -2.95. The molecule has 0 saturated carbocycles. The molecule has 1 fully saturated rings. The van der Waals surface area contributed by atoms with E-state index in [9.17, 15) is 26.7 Å². The number of hydrogen-bond donors (Lipinski definition) is 0. The first-order valence-corrected chi connectivity index (χ1v) is 9.96. The molecule has 1 aromatic heterocycles. The van der Waals surface area contributed by atoms with E-state index in [4.69, 9.17) is 0 Å². The Morgan fingerprint density at radius 3 is 2.48 bits per heavy atom. The number of rotatable bonds is 4. The topological polar surface area (TPSA) is 81.5 Å². The number of benzene rings is 1. The number of anilines is 2. The first-order chi connectivity index (χ1) is 13.6. The van der Waals surface area contributed by atoms with Crippen LogP contribution in [0.15, 0.2) is 30.5 Å². The minimum absolute atomic E-state index is 0.123. The molecule has 1 saturated heterocycles. The van der Waals surface area contributed by atoms with Crippen LogP contribution in [-0.2, 0) is 29.3 Å². The van der Waals surface area contributed by atoms with Crippen LogP contribution in [0.1, 0.15) is 24.2 Å². The predicted molar refractivity (Wildman–Crippen MR) is 101 cm³/mol. The van der Waals surface area contributed by atoms with Gasteiger partial charge in [-0.2, -0.15) is 13.2 Å². The molecular formula is C18H20F3N4O3S-. The highest BCUT2D eigenvalue weighted by Crippen LogP contribution is 2.32. The number of alkyl halides is 3. The number of halogens is 3. The molecule has 1 aliphatic rings. The number of aromatic nitrogens is 2. The van der Waals surface area contributed by atoms with E-state index in [0.717, 1.165) is 30.1 Å². The van der Waals surface area contributed by atoms with Crippen molar-refractivity contribution in [3.05, 3.63) is 41.9 Å². The standard InChI is InChI=1S/C18H21F3N4O3S/c1-12-22-16(11-23(12)2)24-9-3-4-13(10-24)17(26)25(29(27)28)15-7-5-14(6-8-15)18(19,20)21/h5-8,11,13H,3-4,9-10H2,1-2H3,(H,27,28)/p-1/t13-/m1/s1. The average Bonchev–Trinajstić information content (AvgIpc) is 3.00. The molecule has 0 aliphatic carbocycles. The van der Waals surface area contributed by atoms with E-state index in [1.807, 2.05) is 29.6 Å². The summed E-state index contributed by atoms with van der Waals surface area (Å²) in [5.41, 5.74) is -1.04. The quantitative estimate of drug-likeness (QED) is 0.698. The van der Waals surface area contributed by atoms with Gasteiger partial charge in [0.15, 0.2) is 0 Å². The summed E-state index contributed by atoms with van der Waals surface area (Å²) in [6.45, 7) is 2.81. The van der Waals surface area contributed by atoms with Gasteiger partial charge in [0.25, 0.3) is 0 Å². The Bertz CT molecular complexity index is 895. The summed E-state index contributed by atoms with van der Waals surface area (Å²) in [5, 5.41) is 0. The maximum Gasteiger partial charge on any atom is 0.416 e. The summed E-state index contributed by atoms with van der Waals surface area (Å²) in [6, 6.07) is 3.48. The molecule has 1 unspecified atom stereocenters. The predicted octanol–water partition coefficient (Wildman–Crippen LogP) is 2.79. The Balaban J connectivity index is 1.80. The monoisotopic (exact) mass is 429 g/mol. The van der Waals surface area contributed by atoms with Crippen molar-refractivity contribution in [1.29, 1.82) is 0 Å². The largest absolute Gasteiger partial charge is 0.755 e. The molecule has 2 atom stereocenters. The van der Waals surface area contributed by atoms with E-state index in [-0.39, 0.29) is 12.2 Å². The molecule has 1 amide bonds. The van der Waals surface area contributed by atoms with E-state index in [2.05, 4.69) is 4.98 Å². The third-order valence-electron chi connectivity index (χ3n) is 4.97. The van der Waals surface area contributed by atoms with Gasteiger partial charge in [-0.3, -0.25) is 9.00 Å². The van der Waals surface area contributed by atoms with Gasteiger partial charge in [-0.05, 0) is 44.0 Å². The minimum Gasteiger partial charge on any atom is -0.755 e. The fourth-order valence-corrected chi connectivity index (χ4v) is 3.91. The molecule has 0 N–H and O–H groups in total. The van der Waals surface area contributed by atoms with Gasteiger partial charge < -0.3 is 14.0 Å². The normalized spacial score (nSPS) is 18.6. The smallest absolute Gasteiger partial charge is 0.416 e. The minimum atomic E-state index is -4.55. The number of amides is 1. The molecule has 1 aromatic carbocycles. The van der Waals surface area contributed by atoms with Crippen LogP contribution in [0.25, 0.3) is 0 Å².